The fraction of sp³-hybridized carbons (Fsp3) is 0.267. The Kier molecular flexibility index (Phi) is 2.96. The monoisotopic (exact) mass is 298 g/mol. The number of amides is 1. The average molecular weight is 298 g/mol. The maximum atomic E-state index is 12.6. The van der Waals surface area contributed by atoms with E-state index in [1.807, 2.05) is 40.0 Å². The number of hydrogen-bond donors (Lipinski definition) is 0. The van der Waals surface area contributed by atoms with E-state index in [1.54, 1.807) is 17.5 Å². The zero-order valence-electron chi connectivity index (χ0n) is 11.3. The molecule has 3 aromatic rings. The van der Waals surface area contributed by atoms with Gasteiger partial charge in [-0.25, -0.2) is 4.68 Å². The summed E-state index contributed by atoms with van der Waals surface area (Å²) in [6, 6.07) is 10.3. The molecule has 106 valence electrons. The highest BCUT2D eigenvalue weighted by Gasteiger charge is 2.29. The van der Waals surface area contributed by atoms with Gasteiger partial charge in [0, 0.05) is 24.0 Å². The smallest absolute Gasteiger partial charge is 0.264 e. The van der Waals surface area contributed by atoms with Crippen LogP contribution in [0.1, 0.15) is 22.1 Å². The maximum Gasteiger partial charge on any atom is 0.264 e. The highest BCUT2D eigenvalue weighted by Crippen LogP contribution is 2.28. The lowest BCUT2D eigenvalue weighted by atomic mass is 10.2. The van der Waals surface area contributed by atoms with E-state index in [0.29, 0.717) is 6.54 Å². The second-order valence-corrected chi connectivity index (χ2v) is 6.31. The van der Waals surface area contributed by atoms with E-state index in [0.717, 1.165) is 27.9 Å². The largest absolute Gasteiger partial charge is 0.336 e. The Balaban J connectivity index is 1.55. The van der Waals surface area contributed by atoms with Crippen molar-refractivity contribution in [1.29, 1.82) is 0 Å². The standard InChI is InChI=1S/C15H14N4OS/c20-15(14-9-11-3-1-2-4-13(11)21-14)18-7-5-12(10-18)19-8-6-16-17-19/h1-4,6,8-9,12H,5,7,10H2. The number of likely N-dealkylation sites (tertiary alicyclic amines) is 1. The molecular weight excluding hydrogens is 284 g/mol. The van der Waals surface area contributed by atoms with Crippen LogP contribution in [0.3, 0.4) is 0 Å². The topological polar surface area (TPSA) is 51.0 Å². The molecule has 0 radical (unpaired) electrons. The summed E-state index contributed by atoms with van der Waals surface area (Å²) in [6.45, 7) is 1.48. The molecule has 0 aliphatic carbocycles. The number of rotatable bonds is 2. The Morgan fingerprint density at radius 3 is 3.05 bits per heavy atom. The maximum absolute atomic E-state index is 12.6. The molecule has 1 fully saturated rings. The first-order valence-electron chi connectivity index (χ1n) is 6.95. The minimum absolute atomic E-state index is 0.124. The van der Waals surface area contributed by atoms with Gasteiger partial charge in [-0.05, 0) is 23.9 Å². The number of nitrogens with zero attached hydrogens (tertiary/aromatic N) is 4. The fourth-order valence-electron chi connectivity index (χ4n) is 2.80. The van der Waals surface area contributed by atoms with Gasteiger partial charge in [0.15, 0.2) is 0 Å². The summed E-state index contributed by atoms with van der Waals surface area (Å²) in [5.74, 6) is 0.124. The second-order valence-electron chi connectivity index (χ2n) is 5.23. The zero-order chi connectivity index (χ0) is 14.2. The molecule has 0 N–H and O–H groups in total. The van der Waals surface area contributed by atoms with Gasteiger partial charge in [-0.1, -0.05) is 23.4 Å². The number of fused-ring (bicyclic) bond motifs is 1. The summed E-state index contributed by atoms with van der Waals surface area (Å²) in [6.07, 6.45) is 4.47. The van der Waals surface area contributed by atoms with E-state index in [1.165, 1.54) is 0 Å². The zero-order valence-corrected chi connectivity index (χ0v) is 12.2. The van der Waals surface area contributed by atoms with Gasteiger partial charge in [0.25, 0.3) is 5.91 Å². The van der Waals surface area contributed by atoms with E-state index < -0.39 is 0 Å². The first-order chi connectivity index (χ1) is 10.3. The Bertz CT molecular complexity index is 747. The third-order valence-corrected chi connectivity index (χ3v) is 5.01. The van der Waals surface area contributed by atoms with Gasteiger partial charge in [-0.15, -0.1) is 16.4 Å². The van der Waals surface area contributed by atoms with E-state index in [-0.39, 0.29) is 11.9 Å². The van der Waals surface area contributed by atoms with Crippen LogP contribution in [0.15, 0.2) is 42.7 Å². The van der Waals surface area contributed by atoms with Gasteiger partial charge in [0.1, 0.15) is 0 Å². The Hall–Kier alpha value is -2.21. The Morgan fingerprint density at radius 2 is 2.24 bits per heavy atom. The van der Waals surface area contributed by atoms with Crippen LogP contribution >= 0.6 is 11.3 Å². The summed E-state index contributed by atoms with van der Waals surface area (Å²) in [7, 11) is 0. The van der Waals surface area contributed by atoms with E-state index >= 15 is 0 Å². The van der Waals surface area contributed by atoms with Gasteiger partial charge < -0.3 is 4.90 Å². The van der Waals surface area contributed by atoms with Crippen LogP contribution in [-0.2, 0) is 0 Å². The number of hydrogen-bond acceptors (Lipinski definition) is 4. The quantitative estimate of drug-likeness (QED) is 0.730. The number of aromatic nitrogens is 3. The Labute approximate surface area is 125 Å². The van der Waals surface area contributed by atoms with Crippen molar-refractivity contribution in [2.24, 2.45) is 0 Å². The molecule has 1 aliphatic heterocycles. The molecule has 1 saturated heterocycles. The number of carbonyl (C=O) groups is 1. The minimum Gasteiger partial charge on any atom is -0.336 e. The molecular formula is C15H14N4OS. The first-order valence-corrected chi connectivity index (χ1v) is 7.76. The molecule has 1 unspecified atom stereocenters. The van der Waals surface area contributed by atoms with E-state index in [4.69, 9.17) is 0 Å². The summed E-state index contributed by atoms with van der Waals surface area (Å²) < 4.78 is 3.01. The van der Waals surface area contributed by atoms with Crippen LogP contribution < -0.4 is 0 Å². The van der Waals surface area contributed by atoms with Crippen molar-refractivity contribution in [3.8, 4) is 0 Å². The third kappa shape index (κ3) is 2.21. The Morgan fingerprint density at radius 1 is 1.33 bits per heavy atom. The molecule has 5 nitrogen and oxygen atoms in total. The van der Waals surface area contributed by atoms with Crippen molar-refractivity contribution < 1.29 is 4.79 Å². The van der Waals surface area contributed by atoms with Crippen molar-refractivity contribution in [2.45, 2.75) is 12.5 Å². The molecule has 2 aromatic heterocycles. The summed E-state index contributed by atoms with van der Waals surface area (Å²) in [5.41, 5.74) is 0. The van der Waals surface area contributed by atoms with Crippen molar-refractivity contribution in [3.63, 3.8) is 0 Å². The van der Waals surface area contributed by atoms with Crippen LogP contribution in [0.5, 0.6) is 0 Å². The van der Waals surface area contributed by atoms with Crippen molar-refractivity contribution in [1.82, 2.24) is 19.9 Å². The lowest BCUT2D eigenvalue weighted by Gasteiger charge is -2.15. The molecule has 1 aliphatic rings. The fourth-order valence-corrected chi connectivity index (χ4v) is 3.83. The molecule has 6 heteroatoms. The van der Waals surface area contributed by atoms with E-state index in [2.05, 4.69) is 16.4 Å². The minimum atomic E-state index is 0.124. The second kappa shape index (κ2) is 4.96. The van der Waals surface area contributed by atoms with Crippen LogP contribution in [0.4, 0.5) is 0 Å². The average Bonchev–Trinajstić information content (AvgIpc) is 3.24. The molecule has 0 saturated carbocycles. The summed E-state index contributed by atoms with van der Waals surface area (Å²) in [5, 5.41) is 9.00. The highest BCUT2D eigenvalue weighted by molar-refractivity contribution is 7.20. The van der Waals surface area contributed by atoms with Gasteiger partial charge in [0.05, 0.1) is 17.1 Å². The first kappa shape index (κ1) is 12.5. The van der Waals surface area contributed by atoms with Crippen molar-refractivity contribution >= 4 is 27.3 Å². The lowest BCUT2D eigenvalue weighted by molar-refractivity contribution is 0.0792. The number of carbonyl (C=O) groups excluding carboxylic acids is 1. The summed E-state index contributed by atoms with van der Waals surface area (Å²) in [4.78, 5) is 15.4. The lowest BCUT2D eigenvalue weighted by Crippen LogP contribution is -2.28. The SMILES string of the molecule is O=C(c1cc2ccccc2s1)N1CCC(n2ccnn2)C1. The molecule has 1 amide bonds. The van der Waals surface area contributed by atoms with Crippen LogP contribution in [0.2, 0.25) is 0 Å². The van der Waals surface area contributed by atoms with Gasteiger partial charge in [0.2, 0.25) is 0 Å². The van der Waals surface area contributed by atoms with E-state index in [9.17, 15) is 4.79 Å². The molecule has 4 rings (SSSR count). The third-order valence-electron chi connectivity index (χ3n) is 3.90. The number of benzene rings is 1. The predicted octanol–water partition coefficient (Wildman–Crippen LogP) is 2.58. The molecule has 21 heavy (non-hydrogen) atoms. The van der Waals surface area contributed by atoms with Gasteiger partial charge in [-0.3, -0.25) is 4.79 Å². The molecule has 3 heterocycles. The highest BCUT2D eigenvalue weighted by atomic mass is 32.1. The summed E-state index contributed by atoms with van der Waals surface area (Å²) >= 11 is 1.56. The molecule has 0 spiro atoms. The molecule has 0 bridgehead atoms. The predicted molar refractivity (Wildman–Crippen MR) is 81.4 cm³/mol. The molecule has 1 atom stereocenters. The van der Waals surface area contributed by atoms with Crippen LogP contribution in [0, 0.1) is 0 Å². The van der Waals surface area contributed by atoms with Crippen molar-refractivity contribution in [3.05, 3.63) is 47.6 Å². The molecule has 1 aromatic carbocycles. The normalized spacial score (nSPS) is 18.5. The van der Waals surface area contributed by atoms with Gasteiger partial charge in [-0.2, -0.15) is 0 Å². The number of thiophene rings is 1. The van der Waals surface area contributed by atoms with Crippen LogP contribution in [0.25, 0.3) is 10.1 Å². The van der Waals surface area contributed by atoms with Crippen molar-refractivity contribution in [2.75, 3.05) is 13.1 Å². The van der Waals surface area contributed by atoms with Gasteiger partial charge >= 0.3 is 0 Å². The van der Waals surface area contributed by atoms with Crippen LogP contribution in [-0.4, -0.2) is 38.9 Å².